The van der Waals surface area contributed by atoms with Gasteiger partial charge in [-0.15, -0.1) is 11.3 Å². The molecule has 0 spiro atoms. The maximum atomic E-state index is 12.7. The van der Waals surface area contributed by atoms with Gasteiger partial charge in [-0.1, -0.05) is 36.4 Å². The van der Waals surface area contributed by atoms with E-state index in [1.807, 2.05) is 59.7 Å². The normalized spacial score (nSPS) is 17.9. The lowest BCUT2D eigenvalue weighted by molar-refractivity contribution is -0.134. The summed E-state index contributed by atoms with van der Waals surface area (Å²) >= 11 is 1.63. The molecule has 124 valence electrons. The molecule has 0 unspecified atom stereocenters. The fraction of sp³-hybridized carbons (Fsp3) is 0.368. The summed E-state index contributed by atoms with van der Waals surface area (Å²) in [6, 6.07) is 16.0. The molecule has 3 rings (SSSR count). The first-order chi connectivity index (χ1) is 11.7. The van der Waals surface area contributed by atoms with E-state index in [2.05, 4.69) is 11.0 Å². The predicted octanol–water partition coefficient (Wildman–Crippen LogP) is 3.26. The van der Waals surface area contributed by atoms with Crippen molar-refractivity contribution < 1.29 is 4.79 Å². The molecule has 0 bridgehead atoms. The summed E-state index contributed by atoms with van der Waals surface area (Å²) in [6.45, 7) is 4.80. The Kier molecular flexibility index (Phi) is 5.29. The zero-order valence-electron chi connectivity index (χ0n) is 13.8. The van der Waals surface area contributed by atoms with Crippen molar-refractivity contribution in [2.75, 3.05) is 26.2 Å². The van der Waals surface area contributed by atoms with Crippen LogP contribution >= 0.6 is 11.3 Å². The molecule has 24 heavy (non-hydrogen) atoms. The molecular formula is C19H21N3OS. The fourth-order valence-electron chi connectivity index (χ4n) is 3.14. The van der Waals surface area contributed by atoms with E-state index in [1.165, 1.54) is 0 Å². The van der Waals surface area contributed by atoms with E-state index in [9.17, 15) is 10.1 Å². The summed E-state index contributed by atoms with van der Waals surface area (Å²) in [4.78, 5) is 17.9. The summed E-state index contributed by atoms with van der Waals surface area (Å²) < 4.78 is 0. The highest BCUT2D eigenvalue weighted by molar-refractivity contribution is 7.10. The Morgan fingerprint density at radius 1 is 1.12 bits per heavy atom. The quantitative estimate of drug-likeness (QED) is 0.859. The molecule has 1 aliphatic rings. The third kappa shape index (κ3) is 3.50. The molecule has 2 aromatic rings. The molecule has 5 heteroatoms. The Morgan fingerprint density at radius 2 is 1.83 bits per heavy atom. The molecular weight excluding hydrogens is 318 g/mol. The average Bonchev–Trinajstić information content (AvgIpc) is 3.17. The number of amides is 1. The highest BCUT2D eigenvalue weighted by atomic mass is 32.1. The van der Waals surface area contributed by atoms with E-state index < -0.39 is 0 Å². The van der Waals surface area contributed by atoms with Gasteiger partial charge in [0.1, 0.15) is 6.04 Å². The third-order valence-corrected chi connectivity index (χ3v) is 5.62. The molecule has 1 amide bonds. The smallest absolute Gasteiger partial charge is 0.230 e. The lowest BCUT2D eigenvalue weighted by Crippen LogP contribution is -2.50. The van der Waals surface area contributed by atoms with Gasteiger partial charge in [0.25, 0.3) is 0 Å². The van der Waals surface area contributed by atoms with Crippen LogP contribution in [-0.2, 0) is 4.79 Å². The summed E-state index contributed by atoms with van der Waals surface area (Å²) in [5, 5.41) is 11.6. The van der Waals surface area contributed by atoms with Crippen molar-refractivity contribution in [2.24, 2.45) is 0 Å². The Labute approximate surface area is 146 Å². The van der Waals surface area contributed by atoms with E-state index in [-0.39, 0.29) is 17.9 Å². The maximum Gasteiger partial charge on any atom is 0.230 e. The molecule has 1 aromatic heterocycles. The number of carbonyl (C=O) groups excluding carboxylic acids is 1. The first kappa shape index (κ1) is 16.7. The Morgan fingerprint density at radius 3 is 2.42 bits per heavy atom. The van der Waals surface area contributed by atoms with Crippen molar-refractivity contribution in [2.45, 2.75) is 18.9 Å². The number of nitriles is 1. The molecule has 0 N–H and O–H groups in total. The van der Waals surface area contributed by atoms with Crippen molar-refractivity contribution in [3.63, 3.8) is 0 Å². The summed E-state index contributed by atoms with van der Waals surface area (Å²) in [5.74, 6) is 0.0998. The van der Waals surface area contributed by atoms with Crippen molar-refractivity contribution in [1.82, 2.24) is 9.80 Å². The number of benzene rings is 1. The van der Waals surface area contributed by atoms with Gasteiger partial charge >= 0.3 is 0 Å². The maximum absolute atomic E-state index is 12.7. The van der Waals surface area contributed by atoms with Crippen molar-refractivity contribution in [3.8, 4) is 6.07 Å². The standard InChI is InChI=1S/C19H21N3OS/c1-15(18-8-5-13-24-18)19(23)22-11-9-21(10-12-22)17(14-20)16-6-3-2-4-7-16/h2-8,13,15,17H,9-12H2,1H3/t15-,17-/m1/s1. The highest BCUT2D eigenvalue weighted by Gasteiger charge is 2.29. The molecule has 1 aliphatic heterocycles. The molecule has 2 atom stereocenters. The molecule has 1 saturated heterocycles. The second kappa shape index (κ2) is 7.61. The largest absolute Gasteiger partial charge is 0.340 e. The first-order valence-electron chi connectivity index (χ1n) is 8.21. The van der Waals surface area contributed by atoms with Gasteiger partial charge in [0.2, 0.25) is 5.91 Å². The van der Waals surface area contributed by atoms with Crippen molar-refractivity contribution in [1.29, 1.82) is 5.26 Å². The van der Waals surface area contributed by atoms with E-state index in [4.69, 9.17) is 0 Å². The molecule has 0 radical (unpaired) electrons. The van der Waals surface area contributed by atoms with Crippen LogP contribution in [0.5, 0.6) is 0 Å². The van der Waals surface area contributed by atoms with Gasteiger partial charge in [-0.3, -0.25) is 9.69 Å². The van der Waals surface area contributed by atoms with Crippen LogP contribution < -0.4 is 0 Å². The number of hydrogen-bond donors (Lipinski definition) is 0. The monoisotopic (exact) mass is 339 g/mol. The van der Waals surface area contributed by atoms with Crippen LogP contribution in [0.3, 0.4) is 0 Å². The zero-order valence-corrected chi connectivity index (χ0v) is 14.6. The van der Waals surface area contributed by atoms with Crippen LogP contribution in [0.2, 0.25) is 0 Å². The average molecular weight is 339 g/mol. The van der Waals surface area contributed by atoms with Gasteiger partial charge in [-0.2, -0.15) is 5.26 Å². The minimum absolute atomic E-state index is 0.0857. The lowest BCUT2D eigenvalue weighted by Gasteiger charge is -2.37. The molecule has 4 nitrogen and oxygen atoms in total. The molecule has 2 heterocycles. The lowest BCUT2D eigenvalue weighted by atomic mass is 10.0. The van der Waals surface area contributed by atoms with Gasteiger partial charge in [0.15, 0.2) is 0 Å². The molecule has 0 aliphatic carbocycles. The Bertz CT molecular complexity index is 700. The van der Waals surface area contributed by atoms with Crippen LogP contribution in [0.1, 0.15) is 29.3 Å². The molecule has 1 fully saturated rings. The van der Waals surface area contributed by atoms with Crippen LogP contribution in [-0.4, -0.2) is 41.9 Å². The third-order valence-electron chi connectivity index (χ3n) is 4.57. The van der Waals surface area contributed by atoms with E-state index in [1.54, 1.807) is 11.3 Å². The first-order valence-corrected chi connectivity index (χ1v) is 9.09. The topological polar surface area (TPSA) is 47.3 Å². The molecule has 0 saturated carbocycles. The minimum Gasteiger partial charge on any atom is -0.340 e. The fourth-order valence-corrected chi connectivity index (χ4v) is 3.91. The number of thiophene rings is 1. The molecule has 1 aromatic carbocycles. The summed E-state index contributed by atoms with van der Waals surface area (Å²) in [6.07, 6.45) is 0. The number of nitrogens with zero attached hydrogens (tertiary/aromatic N) is 3. The van der Waals surface area contributed by atoms with Crippen molar-refractivity contribution in [3.05, 3.63) is 58.3 Å². The SMILES string of the molecule is C[C@@H](C(=O)N1CCN([C@H](C#N)c2ccccc2)CC1)c1cccs1. The van der Waals surface area contributed by atoms with Gasteiger partial charge in [0, 0.05) is 31.1 Å². The minimum atomic E-state index is -0.238. The zero-order chi connectivity index (χ0) is 16.9. The van der Waals surface area contributed by atoms with Gasteiger partial charge in [-0.05, 0) is 23.9 Å². The van der Waals surface area contributed by atoms with E-state index in [0.29, 0.717) is 13.1 Å². The van der Waals surface area contributed by atoms with Gasteiger partial charge < -0.3 is 4.90 Å². The van der Waals surface area contributed by atoms with E-state index >= 15 is 0 Å². The Hall–Kier alpha value is -2.16. The Balaban J connectivity index is 1.61. The van der Waals surface area contributed by atoms with Crippen LogP contribution in [0, 0.1) is 11.3 Å². The second-order valence-corrected chi connectivity index (χ2v) is 7.02. The summed E-state index contributed by atoms with van der Waals surface area (Å²) in [7, 11) is 0. The van der Waals surface area contributed by atoms with Gasteiger partial charge in [-0.25, -0.2) is 0 Å². The van der Waals surface area contributed by atoms with Crippen LogP contribution in [0.15, 0.2) is 47.8 Å². The van der Waals surface area contributed by atoms with Gasteiger partial charge in [0.05, 0.1) is 12.0 Å². The van der Waals surface area contributed by atoms with Crippen LogP contribution in [0.4, 0.5) is 0 Å². The number of carbonyl (C=O) groups is 1. The van der Waals surface area contributed by atoms with E-state index in [0.717, 1.165) is 23.5 Å². The summed E-state index contributed by atoms with van der Waals surface area (Å²) in [5.41, 5.74) is 1.02. The number of hydrogen-bond acceptors (Lipinski definition) is 4. The predicted molar refractivity (Wildman–Crippen MR) is 95.7 cm³/mol. The highest BCUT2D eigenvalue weighted by Crippen LogP contribution is 2.25. The van der Waals surface area contributed by atoms with Crippen LogP contribution in [0.25, 0.3) is 0 Å². The van der Waals surface area contributed by atoms with Crippen molar-refractivity contribution >= 4 is 17.2 Å². The number of rotatable bonds is 4. The second-order valence-electron chi connectivity index (χ2n) is 6.04. The number of piperazine rings is 1.